The van der Waals surface area contributed by atoms with E-state index in [0.29, 0.717) is 18.5 Å². The molecule has 0 aliphatic rings. The van der Waals surface area contributed by atoms with Crippen molar-refractivity contribution in [2.45, 2.75) is 20.3 Å². The molecule has 20 heavy (non-hydrogen) atoms. The Hall–Kier alpha value is -2.36. The van der Waals surface area contributed by atoms with Crippen molar-refractivity contribution in [1.29, 1.82) is 0 Å². The molecule has 0 unspecified atom stereocenters. The lowest BCUT2D eigenvalue weighted by Gasteiger charge is -2.11. The van der Waals surface area contributed by atoms with E-state index >= 15 is 0 Å². The first-order chi connectivity index (χ1) is 9.63. The van der Waals surface area contributed by atoms with E-state index in [1.807, 2.05) is 37.3 Å². The summed E-state index contributed by atoms with van der Waals surface area (Å²) in [5.74, 6) is -0.385. The van der Waals surface area contributed by atoms with Gasteiger partial charge in [0.15, 0.2) is 5.69 Å². The molecule has 1 amide bonds. The molecule has 0 saturated carbocycles. The lowest BCUT2D eigenvalue weighted by Crippen LogP contribution is -2.24. The minimum absolute atomic E-state index is 0.0376. The van der Waals surface area contributed by atoms with Crippen LogP contribution in [0.15, 0.2) is 36.5 Å². The van der Waals surface area contributed by atoms with Gasteiger partial charge < -0.3 is 10.4 Å². The van der Waals surface area contributed by atoms with Crippen LogP contribution in [-0.2, 0) is 6.42 Å². The van der Waals surface area contributed by atoms with E-state index < -0.39 is 0 Å². The van der Waals surface area contributed by atoms with Gasteiger partial charge in [0.25, 0.3) is 5.91 Å². The van der Waals surface area contributed by atoms with Crippen molar-refractivity contribution in [2.75, 3.05) is 6.54 Å². The Morgan fingerprint density at radius 2 is 2.00 bits per heavy atom. The number of benzene rings is 1. The highest BCUT2D eigenvalue weighted by atomic mass is 16.3. The first-order valence-electron chi connectivity index (χ1n) is 6.63. The molecule has 1 aromatic carbocycles. The lowest BCUT2D eigenvalue weighted by atomic mass is 10.0. The van der Waals surface area contributed by atoms with Crippen molar-refractivity contribution in [2.24, 2.45) is 0 Å². The van der Waals surface area contributed by atoms with Crippen molar-refractivity contribution >= 4 is 5.91 Å². The maximum Gasteiger partial charge on any atom is 0.273 e. The summed E-state index contributed by atoms with van der Waals surface area (Å²) in [6, 6.07) is 9.95. The molecule has 0 atom stereocenters. The van der Waals surface area contributed by atoms with Gasteiger partial charge in [0, 0.05) is 12.7 Å². The monoisotopic (exact) mass is 270 g/mol. The zero-order valence-corrected chi connectivity index (χ0v) is 11.7. The third-order valence-corrected chi connectivity index (χ3v) is 3.20. The zero-order valence-electron chi connectivity index (χ0n) is 11.7. The highest BCUT2D eigenvalue weighted by Gasteiger charge is 2.16. The summed E-state index contributed by atoms with van der Waals surface area (Å²) in [6.07, 6.45) is 2.34. The van der Waals surface area contributed by atoms with Gasteiger partial charge in [-0.3, -0.25) is 4.79 Å². The third-order valence-electron chi connectivity index (χ3n) is 3.20. The van der Waals surface area contributed by atoms with Gasteiger partial charge in [-0.25, -0.2) is 4.98 Å². The van der Waals surface area contributed by atoms with Gasteiger partial charge >= 0.3 is 0 Å². The van der Waals surface area contributed by atoms with Crippen molar-refractivity contribution in [3.8, 4) is 5.75 Å². The summed E-state index contributed by atoms with van der Waals surface area (Å²) >= 11 is 0. The van der Waals surface area contributed by atoms with Crippen LogP contribution in [0.3, 0.4) is 0 Å². The molecule has 0 aliphatic heterocycles. The lowest BCUT2D eigenvalue weighted by molar-refractivity contribution is 0.0947. The Kier molecular flexibility index (Phi) is 4.35. The number of rotatable bonds is 4. The molecule has 0 spiro atoms. The number of aromatic hydroxyl groups is 1. The maximum atomic E-state index is 11.8. The Morgan fingerprint density at radius 3 is 2.65 bits per heavy atom. The minimum Gasteiger partial charge on any atom is -0.505 e. The average molecular weight is 270 g/mol. The van der Waals surface area contributed by atoms with Crippen molar-refractivity contribution in [3.63, 3.8) is 0 Å². The van der Waals surface area contributed by atoms with Crippen molar-refractivity contribution in [3.05, 3.63) is 58.9 Å². The number of nitrogens with zero attached hydrogens (tertiary/aromatic N) is 1. The Bertz CT molecular complexity index is 609. The largest absolute Gasteiger partial charge is 0.505 e. The van der Waals surface area contributed by atoms with E-state index in [2.05, 4.69) is 10.3 Å². The van der Waals surface area contributed by atoms with Crippen molar-refractivity contribution < 1.29 is 9.90 Å². The number of amides is 1. The zero-order chi connectivity index (χ0) is 14.5. The number of carbonyl (C=O) groups excluding carboxylic acids is 1. The molecule has 0 bridgehead atoms. The molecule has 4 nitrogen and oxygen atoms in total. The van der Waals surface area contributed by atoms with Crippen LogP contribution in [0.1, 0.15) is 34.1 Å². The second-order valence-corrected chi connectivity index (χ2v) is 4.63. The molecule has 0 radical (unpaired) electrons. The molecule has 4 heteroatoms. The summed E-state index contributed by atoms with van der Waals surface area (Å²) in [6.45, 7) is 4.13. The summed E-state index contributed by atoms with van der Waals surface area (Å²) in [7, 11) is 0. The van der Waals surface area contributed by atoms with E-state index in [-0.39, 0.29) is 17.4 Å². The van der Waals surface area contributed by atoms with Gasteiger partial charge in [-0.2, -0.15) is 0 Å². The van der Waals surface area contributed by atoms with E-state index in [1.54, 1.807) is 13.1 Å². The average Bonchev–Trinajstić information content (AvgIpc) is 2.45. The third kappa shape index (κ3) is 2.96. The fourth-order valence-corrected chi connectivity index (χ4v) is 2.03. The number of aromatic nitrogens is 1. The highest BCUT2D eigenvalue weighted by molar-refractivity contribution is 5.95. The molecule has 2 aromatic rings. The fraction of sp³-hybridized carbons (Fsp3) is 0.250. The van der Waals surface area contributed by atoms with Crippen LogP contribution < -0.4 is 5.32 Å². The van der Waals surface area contributed by atoms with Crippen LogP contribution in [0.25, 0.3) is 0 Å². The summed E-state index contributed by atoms with van der Waals surface area (Å²) < 4.78 is 0. The Morgan fingerprint density at radius 1 is 1.30 bits per heavy atom. The number of hydrogen-bond donors (Lipinski definition) is 2. The fourth-order valence-electron chi connectivity index (χ4n) is 2.03. The summed E-state index contributed by atoms with van der Waals surface area (Å²) in [5.41, 5.74) is 2.84. The van der Waals surface area contributed by atoms with Crippen LogP contribution in [-0.4, -0.2) is 22.5 Å². The first-order valence-corrected chi connectivity index (χ1v) is 6.63. The number of nitrogens with one attached hydrogen (secondary N) is 1. The normalized spacial score (nSPS) is 10.3. The van der Waals surface area contributed by atoms with Crippen LogP contribution in [0, 0.1) is 6.92 Å². The van der Waals surface area contributed by atoms with Gasteiger partial charge in [-0.15, -0.1) is 0 Å². The molecule has 1 heterocycles. The molecular formula is C16H18N2O2. The van der Waals surface area contributed by atoms with E-state index in [0.717, 1.165) is 11.1 Å². The second kappa shape index (κ2) is 6.19. The Labute approximate surface area is 118 Å². The van der Waals surface area contributed by atoms with Crippen LogP contribution >= 0.6 is 0 Å². The second-order valence-electron chi connectivity index (χ2n) is 4.63. The molecule has 0 fully saturated rings. The SMILES string of the molecule is CCNC(=O)c1ncc(Cc2ccccc2)c(C)c1O. The van der Waals surface area contributed by atoms with Gasteiger partial charge in [0.05, 0.1) is 0 Å². The maximum absolute atomic E-state index is 11.8. The summed E-state index contributed by atoms with van der Waals surface area (Å²) in [5, 5.41) is 12.8. The van der Waals surface area contributed by atoms with Gasteiger partial charge in [0.1, 0.15) is 5.75 Å². The molecule has 2 rings (SSSR count). The Balaban J connectivity index is 2.29. The van der Waals surface area contributed by atoms with Crippen LogP contribution in [0.4, 0.5) is 0 Å². The number of hydrogen-bond acceptors (Lipinski definition) is 3. The quantitative estimate of drug-likeness (QED) is 0.897. The predicted octanol–water partition coefficient (Wildman–Crippen LogP) is 2.44. The standard InChI is InChI=1S/C16H18N2O2/c1-3-17-16(20)14-15(19)11(2)13(10-18-14)9-12-7-5-4-6-8-12/h4-8,10,19H,3,9H2,1-2H3,(H,17,20). The molecular weight excluding hydrogens is 252 g/mol. The van der Waals surface area contributed by atoms with Crippen molar-refractivity contribution in [1.82, 2.24) is 10.3 Å². The van der Waals surface area contributed by atoms with E-state index in [9.17, 15) is 9.90 Å². The van der Waals surface area contributed by atoms with Gasteiger partial charge in [-0.1, -0.05) is 30.3 Å². The van der Waals surface area contributed by atoms with Gasteiger partial charge in [-0.05, 0) is 37.0 Å². The molecule has 1 aromatic heterocycles. The predicted molar refractivity (Wildman–Crippen MR) is 77.9 cm³/mol. The van der Waals surface area contributed by atoms with E-state index in [1.165, 1.54) is 0 Å². The van der Waals surface area contributed by atoms with Crippen LogP contribution in [0.2, 0.25) is 0 Å². The molecule has 0 saturated heterocycles. The summed E-state index contributed by atoms with van der Waals surface area (Å²) in [4.78, 5) is 15.8. The molecule has 104 valence electrons. The van der Waals surface area contributed by atoms with Crippen LogP contribution in [0.5, 0.6) is 5.75 Å². The van der Waals surface area contributed by atoms with Gasteiger partial charge in [0.2, 0.25) is 0 Å². The smallest absolute Gasteiger partial charge is 0.273 e. The first kappa shape index (κ1) is 14.1. The molecule has 0 aliphatic carbocycles. The highest BCUT2D eigenvalue weighted by Crippen LogP contribution is 2.24. The molecule has 2 N–H and O–H groups in total. The number of carbonyl (C=O) groups is 1. The topological polar surface area (TPSA) is 62.2 Å². The minimum atomic E-state index is -0.348. The van der Waals surface area contributed by atoms with E-state index in [4.69, 9.17) is 0 Å². The number of pyridine rings is 1.